The molecule has 96 valence electrons. The first-order valence-corrected chi connectivity index (χ1v) is 7.96. The van der Waals surface area contributed by atoms with Crippen LogP contribution in [0.5, 0.6) is 0 Å². The smallest absolute Gasteiger partial charge is 0.0417 e. The molecular weight excluding hydrogens is 238 g/mol. The van der Waals surface area contributed by atoms with E-state index in [0.29, 0.717) is 6.04 Å². The number of benzene rings is 2. The SMILES string of the molecule is CCCNC(CSC)c1cccc2ccccc12. The van der Waals surface area contributed by atoms with Crippen molar-refractivity contribution in [1.29, 1.82) is 0 Å². The quantitative estimate of drug-likeness (QED) is 0.832. The van der Waals surface area contributed by atoms with Crippen molar-refractivity contribution >= 4 is 22.5 Å². The average Bonchev–Trinajstić information content (AvgIpc) is 2.43. The summed E-state index contributed by atoms with van der Waals surface area (Å²) in [5.41, 5.74) is 1.43. The number of hydrogen-bond donors (Lipinski definition) is 1. The highest BCUT2D eigenvalue weighted by Gasteiger charge is 2.12. The van der Waals surface area contributed by atoms with Crippen molar-refractivity contribution in [2.24, 2.45) is 0 Å². The zero-order valence-electron chi connectivity index (χ0n) is 11.1. The first-order chi connectivity index (χ1) is 8.86. The van der Waals surface area contributed by atoms with Crippen LogP contribution in [0.15, 0.2) is 42.5 Å². The highest BCUT2D eigenvalue weighted by atomic mass is 32.2. The van der Waals surface area contributed by atoms with E-state index in [1.165, 1.54) is 22.8 Å². The minimum atomic E-state index is 0.450. The summed E-state index contributed by atoms with van der Waals surface area (Å²) in [5.74, 6) is 1.12. The molecule has 1 nitrogen and oxygen atoms in total. The molecule has 18 heavy (non-hydrogen) atoms. The van der Waals surface area contributed by atoms with Crippen molar-refractivity contribution < 1.29 is 0 Å². The van der Waals surface area contributed by atoms with E-state index >= 15 is 0 Å². The fraction of sp³-hybridized carbons (Fsp3) is 0.375. The lowest BCUT2D eigenvalue weighted by Gasteiger charge is -2.20. The van der Waals surface area contributed by atoms with Gasteiger partial charge in [0, 0.05) is 11.8 Å². The third-order valence-electron chi connectivity index (χ3n) is 3.17. The molecule has 2 aromatic rings. The van der Waals surface area contributed by atoms with Gasteiger partial charge in [0.05, 0.1) is 0 Å². The minimum Gasteiger partial charge on any atom is -0.309 e. The molecule has 0 amide bonds. The Labute approximate surface area is 114 Å². The summed E-state index contributed by atoms with van der Waals surface area (Å²) in [4.78, 5) is 0. The molecule has 0 saturated heterocycles. The van der Waals surface area contributed by atoms with Crippen LogP contribution < -0.4 is 5.32 Å². The summed E-state index contributed by atoms with van der Waals surface area (Å²) in [7, 11) is 0. The maximum absolute atomic E-state index is 3.66. The largest absolute Gasteiger partial charge is 0.309 e. The topological polar surface area (TPSA) is 12.0 Å². The van der Waals surface area contributed by atoms with Crippen LogP contribution in [-0.2, 0) is 0 Å². The maximum Gasteiger partial charge on any atom is 0.0417 e. The van der Waals surface area contributed by atoms with Crippen molar-refractivity contribution in [1.82, 2.24) is 5.32 Å². The Hall–Kier alpha value is -0.990. The van der Waals surface area contributed by atoms with E-state index < -0.39 is 0 Å². The molecule has 0 fully saturated rings. The van der Waals surface area contributed by atoms with Gasteiger partial charge in [-0.2, -0.15) is 11.8 Å². The molecule has 0 heterocycles. The molecule has 0 spiro atoms. The third-order valence-corrected chi connectivity index (χ3v) is 3.84. The van der Waals surface area contributed by atoms with Crippen LogP contribution in [0, 0.1) is 0 Å². The first kappa shape index (κ1) is 13.4. The molecule has 2 rings (SSSR count). The van der Waals surface area contributed by atoms with Gasteiger partial charge < -0.3 is 5.32 Å². The molecule has 1 atom stereocenters. The van der Waals surface area contributed by atoms with Crippen molar-refractivity contribution in [2.45, 2.75) is 19.4 Å². The van der Waals surface area contributed by atoms with Crippen LogP contribution in [0.2, 0.25) is 0 Å². The molecule has 0 aliphatic carbocycles. The first-order valence-electron chi connectivity index (χ1n) is 6.56. The van der Waals surface area contributed by atoms with Crippen molar-refractivity contribution in [3.63, 3.8) is 0 Å². The van der Waals surface area contributed by atoms with E-state index in [2.05, 4.69) is 61.0 Å². The second-order valence-electron chi connectivity index (χ2n) is 4.53. The monoisotopic (exact) mass is 259 g/mol. The molecule has 0 aromatic heterocycles. The van der Waals surface area contributed by atoms with Gasteiger partial charge in [0.15, 0.2) is 0 Å². The number of thioether (sulfide) groups is 1. The lowest BCUT2D eigenvalue weighted by molar-refractivity contribution is 0.581. The predicted molar refractivity (Wildman–Crippen MR) is 83.4 cm³/mol. The highest BCUT2D eigenvalue weighted by molar-refractivity contribution is 7.98. The van der Waals surface area contributed by atoms with Gasteiger partial charge in [0.1, 0.15) is 0 Å². The second kappa shape index (κ2) is 6.81. The summed E-state index contributed by atoms with van der Waals surface area (Å²) in [6.45, 7) is 3.29. The molecule has 1 N–H and O–H groups in total. The number of rotatable bonds is 6. The number of nitrogens with one attached hydrogen (secondary N) is 1. The fourth-order valence-corrected chi connectivity index (χ4v) is 2.93. The van der Waals surface area contributed by atoms with Crippen molar-refractivity contribution in [2.75, 3.05) is 18.6 Å². The minimum absolute atomic E-state index is 0.450. The summed E-state index contributed by atoms with van der Waals surface area (Å²) in [6, 6.07) is 15.7. The Kier molecular flexibility index (Phi) is 5.09. The molecule has 0 bridgehead atoms. The molecule has 0 radical (unpaired) electrons. The molecule has 0 aliphatic heterocycles. The molecular formula is C16H21NS. The van der Waals surface area contributed by atoms with Gasteiger partial charge in [-0.15, -0.1) is 0 Å². The van der Waals surface area contributed by atoms with Gasteiger partial charge >= 0.3 is 0 Å². The predicted octanol–water partition coefficient (Wildman–Crippen LogP) is 4.24. The van der Waals surface area contributed by atoms with E-state index in [4.69, 9.17) is 0 Å². The molecule has 1 unspecified atom stereocenters. The lowest BCUT2D eigenvalue weighted by Crippen LogP contribution is -2.24. The van der Waals surface area contributed by atoms with Crippen molar-refractivity contribution in [3.8, 4) is 0 Å². The maximum atomic E-state index is 3.66. The van der Waals surface area contributed by atoms with Crippen LogP contribution in [0.4, 0.5) is 0 Å². The van der Waals surface area contributed by atoms with Gasteiger partial charge in [0.2, 0.25) is 0 Å². The zero-order chi connectivity index (χ0) is 12.8. The zero-order valence-corrected chi connectivity index (χ0v) is 12.0. The number of fused-ring (bicyclic) bond motifs is 1. The second-order valence-corrected chi connectivity index (χ2v) is 5.44. The summed E-state index contributed by atoms with van der Waals surface area (Å²) < 4.78 is 0. The van der Waals surface area contributed by atoms with Crippen LogP contribution in [0.1, 0.15) is 24.9 Å². The Bertz CT molecular complexity index is 490. The fourth-order valence-electron chi connectivity index (χ4n) is 2.30. The summed E-state index contributed by atoms with van der Waals surface area (Å²) in [5, 5.41) is 6.37. The van der Waals surface area contributed by atoms with Gasteiger partial charge in [-0.3, -0.25) is 0 Å². The van der Waals surface area contributed by atoms with Crippen LogP contribution in [0.3, 0.4) is 0 Å². The Balaban J connectivity index is 2.36. The van der Waals surface area contributed by atoms with E-state index in [1.54, 1.807) is 0 Å². The molecule has 2 aromatic carbocycles. The Morgan fingerprint density at radius 1 is 1.11 bits per heavy atom. The van der Waals surface area contributed by atoms with Gasteiger partial charge in [-0.05, 0) is 35.6 Å². The highest BCUT2D eigenvalue weighted by Crippen LogP contribution is 2.26. The van der Waals surface area contributed by atoms with E-state index in [-0.39, 0.29) is 0 Å². The summed E-state index contributed by atoms with van der Waals surface area (Å²) in [6.07, 6.45) is 3.35. The number of hydrogen-bond acceptors (Lipinski definition) is 2. The van der Waals surface area contributed by atoms with Crippen LogP contribution in [-0.4, -0.2) is 18.6 Å². The standard InChI is InChI=1S/C16H21NS/c1-3-11-17-16(12-18-2)15-10-6-8-13-7-4-5-9-14(13)15/h4-10,16-17H,3,11-12H2,1-2H3. The third kappa shape index (κ3) is 3.06. The molecule has 0 saturated carbocycles. The summed E-state index contributed by atoms with van der Waals surface area (Å²) >= 11 is 1.90. The normalized spacial score (nSPS) is 12.8. The lowest BCUT2D eigenvalue weighted by atomic mass is 9.99. The average molecular weight is 259 g/mol. The molecule has 2 heteroatoms. The van der Waals surface area contributed by atoms with Crippen LogP contribution >= 0.6 is 11.8 Å². The molecule has 0 aliphatic rings. The van der Waals surface area contributed by atoms with E-state index in [9.17, 15) is 0 Å². The Morgan fingerprint density at radius 2 is 1.89 bits per heavy atom. The van der Waals surface area contributed by atoms with Crippen molar-refractivity contribution in [3.05, 3.63) is 48.0 Å². The Morgan fingerprint density at radius 3 is 2.67 bits per heavy atom. The van der Waals surface area contributed by atoms with Gasteiger partial charge in [-0.1, -0.05) is 49.4 Å². The van der Waals surface area contributed by atoms with E-state index in [0.717, 1.165) is 12.3 Å². The van der Waals surface area contributed by atoms with E-state index in [1.807, 2.05) is 11.8 Å². The van der Waals surface area contributed by atoms with Crippen LogP contribution in [0.25, 0.3) is 10.8 Å². The van der Waals surface area contributed by atoms with Gasteiger partial charge in [-0.25, -0.2) is 0 Å². The van der Waals surface area contributed by atoms with Gasteiger partial charge in [0.25, 0.3) is 0 Å².